The maximum Gasteiger partial charge on any atom is 0.522 e. The third-order valence-corrected chi connectivity index (χ3v) is 6.34. The first-order valence-corrected chi connectivity index (χ1v) is 10.6. The number of carbonyl (C=O) groups is 1. The smallest absolute Gasteiger partial charge is 0.490 e. The number of hydrogen-bond donors (Lipinski definition) is 0. The molecular weight excluding hydrogens is 461 g/mol. The lowest BCUT2D eigenvalue weighted by Gasteiger charge is -2.40. The number of amides is 1. The molecule has 0 radical (unpaired) electrons. The Morgan fingerprint density at radius 3 is 2.94 bits per heavy atom. The van der Waals surface area contributed by atoms with Gasteiger partial charge < -0.3 is 19.1 Å². The Balaban J connectivity index is 1.38. The summed E-state index contributed by atoms with van der Waals surface area (Å²) in [6.07, 6.45) is -2.79. The van der Waals surface area contributed by atoms with E-state index in [1.165, 1.54) is 29.5 Å². The van der Waals surface area contributed by atoms with Gasteiger partial charge in [-0.15, -0.1) is 24.5 Å². The third-order valence-electron chi connectivity index (χ3n) is 5.11. The fourth-order valence-electron chi connectivity index (χ4n) is 3.64. The fourth-order valence-corrected chi connectivity index (χ4v) is 4.74. The Kier molecular flexibility index (Phi) is 6.40. The van der Waals surface area contributed by atoms with Crippen LogP contribution in [0.4, 0.5) is 13.2 Å². The summed E-state index contributed by atoms with van der Waals surface area (Å²) in [5.74, 6) is -0.0740. The maximum atomic E-state index is 13.0. The molecule has 0 saturated carbocycles. The molecule has 0 bridgehead atoms. The van der Waals surface area contributed by atoms with Crippen LogP contribution in [0.1, 0.15) is 21.8 Å². The van der Waals surface area contributed by atoms with Gasteiger partial charge in [-0.1, -0.05) is 11.6 Å². The number of thiazole rings is 1. The third kappa shape index (κ3) is 4.80. The van der Waals surface area contributed by atoms with E-state index in [0.717, 1.165) is 5.01 Å². The quantitative estimate of drug-likeness (QED) is 0.588. The Bertz CT molecular complexity index is 930. The number of halogens is 4. The number of ether oxygens (including phenoxy) is 4. The van der Waals surface area contributed by atoms with E-state index in [1.807, 2.05) is 5.38 Å². The number of alkyl halides is 3. The predicted molar refractivity (Wildman–Crippen MR) is 104 cm³/mol. The molecule has 0 unspecified atom stereocenters. The molecule has 0 spiro atoms. The van der Waals surface area contributed by atoms with Crippen LogP contribution in [0.15, 0.2) is 29.8 Å². The van der Waals surface area contributed by atoms with Crippen LogP contribution in [-0.2, 0) is 19.8 Å². The summed E-state index contributed by atoms with van der Waals surface area (Å²) in [6.45, 7) is -0.0801. The minimum absolute atomic E-state index is 0.118. The highest BCUT2D eigenvalue weighted by atomic mass is 35.5. The van der Waals surface area contributed by atoms with Crippen molar-refractivity contribution in [1.29, 1.82) is 0 Å². The zero-order valence-corrected chi connectivity index (χ0v) is 17.6. The van der Waals surface area contributed by atoms with E-state index in [2.05, 4.69) is 9.72 Å². The van der Waals surface area contributed by atoms with Crippen LogP contribution in [0.3, 0.4) is 0 Å². The lowest BCUT2D eigenvalue weighted by Crippen LogP contribution is -2.53. The van der Waals surface area contributed by atoms with E-state index >= 15 is 0 Å². The van der Waals surface area contributed by atoms with Gasteiger partial charge in [0.2, 0.25) is 0 Å². The van der Waals surface area contributed by atoms with Crippen molar-refractivity contribution in [3.8, 4) is 5.75 Å². The van der Waals surface area contributed by atoms with Crippen molar-refractivity contribution in [2.75, 3.05) is 33.1 Å². The summed E-state index contributed by atoms with van der Waals surface area (Å²) in [5.41, 5.74) is -0.303. The van der Waals surface area contributed by atoms with Crippen LogP contribution in [0.25, 0.3) is 0 Å². The van der Waals surface area contributed by atoms with Gasteiger partial charge in [-0.2, -0.15) is 0 Å². The fraction of sp³-hybridized carbons (Fsp3) is 0.474. The van der Waals surface area contributed by atoms with Crippen LogP contribution in [-0.4, -0.2) is 61.4 Å². The second-order valence-electron chi connectivity index (χ2n) is 6.93. The summed E-state index contributed by atoms with van der Waals surface area (Å²) in [6, 6.07) is 4.39. The largest absolute Gasteiger partial charge is 0.522 e. The zero-order valence-electron chi connectivity index (χ0n) is 16.1. The minimum Gasteiger partial charge on any atom is -0.490 e. The van der Waals surface area contributed by atoms with Crippen molar-refractivity contribution >= 4 is 28.8 Å². The molecule has 31 heavy (non-hydrogen) atoms. The number of likely N-dealkylation sites (tertiary alicyclic amines) is 1. The molecule has 3 heterocycles. The lowest BCUT2D eigenvalue weighted by atomic mass is 9.89. The van der Waals surface area contributed by atoms with E-state index in [9.17, 15) is 18.0 Å². The number of benzene rings is 1. The highest BCUT2D eigenvalue weighted by Crippen LogP contribution is 2.43. The number of fused-ring (bicyclic) bond motifs is 1. The SMILES string of the molecule is O=C(c1ccc(OCCOC(F)(F)F)c(Cl)c1)N1CC[C@]2(c3nccs3)OCO[C@@H]2C1. The standard InChI is InChI=1S/C19H18ClF3N2O5S/c20-13-9-12(1-2-14(13)27-6-7-29-19(21,22)23)16(26)25-5-3-18(17-24-4-8-31-17)15(10-25)28-11-30-18/h1-2,4,8-9,15H,3,5-7,10-11H2/t15-,18+/m1/s1. The zero-order chi connectivity index (χ0) is 22.1. The van der Waals surface area contributed by atoms with E-state index < -0.39 is 18.6 Å². The average Bonchev–Trinajstić information content (AvgIpc) is 3.40. The molecule has 2 fully saturated rings. The van der Waals surface area contributed by atoms with Crippen molar-refractivity contribution in [3.63, 3.8) is 0 Å². The Hall–Kier alpha value is -1.92. The number of hydrogen-bond acceptors (Lipinski definition) is 7. The number of nitrogens with zero attached hydrogens (tertiary/aromatic N) is 2. The number of aromatic nitrogens is 1. The van der Waals surface area contributed by atoms with E-state index in [-0.39, 0.29) is 36.2 Å². The van der Waals surface area contributed by atoms with Crippen molar-refractivity contribution < 1.29 is 36.9 Å². The predicted octanol–water partition coefficient (Wildman–Crippen LogP) is 3.83. The van der Waals surface area contributed by atoms with Crippen LogP contribution < -0.4 is 4.74 Å². The van der Waals surface area contributed by atoms with Crippen molar-refractivity contribution in [3.05, 3.63) is 45.4 Å². The Labute approximate surface area is 184 Å². The molecule has 168 valence electrons. The molecule has 2 atom stereocenters. The highest BCUT2D eigenvalue weighted by molar-refractivity contribution is 7.09. The second kappa shape index (κ2) is 8.91. The minimum atomic E-state index is -4.72. The first-order valence-electron chi connectivity index (χ1n) is 9.36. The van der Waals surface area contributed by atoms with Gasteiger partial charge in [-0.25, -0.2) is 4.98 Å². The first kappa shape index (κ1) is 22.3. The summed E-state index contributed by atoms with van der Waals surface area (Å²) in [5, 5.41) is 2.83. The number of rotatable bonds is 6. The van der Waals surface area contributed by atoms with Gasteiger partial charge in [0.25, 0.3) is 5.91 Å². The van der Waals surface area contributed by atoms with Crippen molar-refractivity contribution in [1.82, 2.24) is 9.88 Å². The summed E-state index contributed by atoms with van der Waals surface area (Å²) in [7, 11) is 0. The van der Waals surface area contributed by atoms with Gasteiger partial charge in [0.1, 0.15) is 30.3 Å². The molecule has 1 amide bonds. The molecule has 1 aromatic heterocycles. The van der Waals surface area contributed by atoms with Gasteiger partial charge in [0, 0.05) is 30.1 Å². The van der Waals surface area contributed by atoms with E-state index in [4.69, 9.17) is 25.8 Å². The molecule has 4 rings (SSSR count). The van der Waals surface area contributed by atoms with Crippen LogP contribution in [0.2, 0.25) is 5.02 Å². The highest BCUT2D eigenvalue weighted by Gasteiger charge is 2.52. The molecule has 2 aromatic rings. The van der Waals surface area contributed by atoms with Gasteiger partial charge in [-0.05, 0) is 18.2 Å². The molecule has 0 aliphatic carbocycles. The molecule has 2 aliphatic rings. The number of piperidine rings is 1. The molecule has 12 heteroatoms. The van der Waals surface area contributed by atoms with Crippen LogP contribution in [0.5, 0.6) is 5.75 Å². The normalized spacial score (nSPS) is 23.6. The van der Waals surface area contributed by atoms with Gasteiger partial charge in [0.05, 0.1) is 18.2 Å². The first-order chi connectivity index (χ1) is 14.8. The molecular formula is C19H18ClF3N2O5S. The molecule has 7 nitrogen and oxygen atoms in total. The van der Waals surface area contributed by atoms with E-state index in [1.54, 1.807) is 11.1 Å². The monoisotopic (exact) mass is 478 g/mol. The van der Waals surface area contributed by atoms with Crippen molar-refractivity contribution in [2.24, 2.45) is 0 Å². The molecule has 0 N–H and O–H groups in total. The molecule has 2 aliphatic heterocycles. The number of carbonyl (C=O) groups excluding carboxylic acids is 1. The summed E-state index contributed by atoms with van der Waals surface area (Å²) in [4.78, 5) is 19.0. The van der Waals surface area contributed by atoms with Gasteiger partial charge >= 0.3 is 6.36 Å². The van der Waals surface area contributed by atoms with Gasteiger partial charge in [-0.3, -0.25) is 9.53 Å². The average molecular weight is 479 g/mol. The topological polar surface area (TPSA) is 70.1 Å². The van der Waals surface area contributed by atoms with Crippen molar-refractivity contribution in [2.45, 2.75) is 24.5 Å². The summed E-state index contributed by atoms with van der Waals surface area (Å²) < 4.78 is 56.5. The molecule has 1 aromatic carbocycles. The van der Waals surface area contributed by atoms with E-state index in [0.29, 0.717) is 25.1 Å². The Morgan fingerprint density at radius 1 is 1.39 bits per heavy atom. The van der Waals surface area contributed by atoms with Crippen LogP contribution >= 0.6 is 22.9 Å². The molecule has 2 saturated heterocycles. The Morgan fingerprint density at radius 2 is 2.23 bits per heavy atom. The van der Waals surface area contributed by atoms with Crippen LogP contribution in [0, 0.1) is 0 Å². The lowest BCUT2D eigenvalue weighted by molar-refractivity contribution is -0.325. The maximum absolute atomic E-state index is 13.0. The second-order valence-corrected chi connectivity index (χ2v) is 8.24. The van der Waals surface area contributed by atoms with Gasteiger partial charge in [0.15, 0.2) is 5.60 Å². The summed E-state index contributed by atoms with van der Waals surface area (Å²) >= 11 is 7.64.